The zero-order valence-electron chi connectivity index (χ0n) is 15.5. The van der Waals surface area contributed by atoms with Crippen LogP contribution in [0, 0.1) is 0 Å². The third-order valence-electron chi connectivity index (χ3n) is 4.51. The number of hydrogen-bond acceptors (Lipinski definition) is 8. The Hall–Kier alpha value is -2.55. The Morgan fingerprint density at radius 1 is 1.22 bits per heavy atom. The van der Waals surface area contributed by atoms with Crippen molar-refractivity contribution in [2.24, 2.45) is 0 Å². The first-order chi connectivity index (χ1) is 13.0. The predicted octanol–water partition coefficient (Wildman–Crippen LogP) is 1.60. The first-order valence-corrected chi connectivity index (χ1v) is 10.5. The van der Waals surface area contributed by atoms with Crippen LogP contribution in [0.4, 0.5) is 11.6 Å². The highest BCUT2D eigenvalue weighted by atomic mass is 32.2. The molecule has 1 atom stereocenters. The summed E-state index contributed by atoms with van der Waals surface area (Å²) < 4.78 is 34.1. The summed E-state index contributed by atoms with van der Waals surface area (Å²) in [5, 5.41) is 3.19. The summed E-state index contributed by atoms with van der Waals surface area (Å²) in [4.78, 5) is 10.4. The number of aromatic nitrogens is 2. The van der Waals surface area contributed by atoms with Crippen LogP contribution >= 0.6 is 0 Å². The zero-order valence-corrected chi connectivity index (χ0v) is 16.3. The molecule has 1 saturated heterocycles. The van der Waals surface area contributed by atoms with Crippen molar-refractivity contribution in [3.63, 3.8) is 0 Å². The monoisotopic (exact) mass is 392 g/mol. The largest absolute Gasteiger partial charge is 0.497 e. The van der Waals surface area contributed by atoms with E-state index in [2.05, 4.69) is 15.3 Å². The third kappa shape index (κ3) is 5.22. The van der Waals surface area contributed by atoms with E-state index in [9.17, 15) is 8.42 Å². The molecule has 1 aliphatic rings. The lowest BCUT2D eigenvalue weighted by Gasteiger charge is -2.24. The topological polar surface area (TPSA) is 93.7 Å². The van der Waals surface area contributed by atoms with E-state index in [1.165, 1.54) is 6.33 Å². The second-order valence-corrected chi connectivity index (χ2v) is 8.61. The van der Waals surface area contributed by atoms with Gasteiger partial charge in [0.15, 0.2) is 9.84 Å². The molecule has 1 aromatic carbocycles. The predicted molar refractivity (Wildman–Crippen MR) is 104 cm³/mol. The molecule has 1 aliphatic heterocycles. The summed E-state index contributed by atoms with van der Waals surface area (Å²) in [7, 11) is 0.557. The second-order valence-electron chi connectivity index (χ2n) is 6.38. The first-order valence-electron chi connectivity index (χ1n) is 8.73. The van der Waals surface area contributed by atoms with Crippen LogP contribution in [0.1, 0.15) is 6.42 Å². The fourth-order valence-corrected chi connectivity index (χ4v) is 4.70. The minimum Gasteiger partial charge on any atom is -0.497 e. The van der Waals surface area contributed by atoms with Gasteiger partial charge in [0.25, 0.3) is 0 Å². The zero-order chi connectivity index (χ0) is 19.3. The van der Waals surface area contributed by atoms with Gasteiger partial charge in [-0.3, -0.25) is 0 Å². The van der Waals surface area contributed by atoms with E-state index >= 15 is 0 Å². The Labute approximate surface area is 159 Å². The summed E-state index contributed by atoms with van der Waals surface area (Å²) in [6.07, 6.45) is 2.10. The van der Waals surface area contributed by atoms with Gasteiger partial charge in [0.2, 0.25) is 0 Å². The van der Waals surface area contributed by atoms with Crippen LogP contribution in [-0.4, -0.2) is 63.2 Å². The van der Waals surface area contributed by atoms with Crippen molar-refractivity contribution < 1.29 is 17.9 Å². The molecule has 1 N–H and O–H groups in total. The number of anilines is 2. The van der Waals surface area contributed by atoms with E-state index in [0.29, 0.717) is 31.2 Å². The maximum Gasteiger partial charge on any atom is 0.152 e. The molecule has 146 valence electrons. The van der Waals surface area contributed by atoms with E-state index in [-0.39, 0.29) is 17.5 Å². The quantitative estimate of drug-likeness (QED) is 0.677. The lowest BCUT2D eigenvalue weighted by molar-refractivity contribution is 0.331. The van der Waals surface area contributed by atoms with Crippen LogP contribution in [-0.2, 0) is 9.84 Å². The highest BCUT2D eigenvalue weighted by Gasteiger charge is 2.31. The van der Waals surface area contributed by atoms with Gasteiger partial charge in [-0.05, 0) is 30.7 Å². The van der Waals surface area contributed by atoms with Gasteiger partial charge >= 0.3 is 0 Å². The highest BCUT2D eigenvalue weighted by Crippen LogP contribution is 2.22. The summed E-state index contributed by atoms with van der Waals surface area (Å²) in [5.41, 5.74) is 0. The number of methoxy groups -OCH3 is 1. The molecule has 1 unspecified atom stereocenters. The Balaban J connectivity index is 1.50. The molecular formula is C18H24N4O4S. The Morgan fingerprint density at radius 2 is 1.96 bits per heavy atom. The number of rotatable bonds is 8. The molecule has 8 nitrogen and oxygen atoms in total. The van der Waals surface area contributed by atoms with Crippen LogP contribution in [0.2, 0.25) is 0 Å². The molecule has 0 spiro atoms. The van der Waals surface area contributed by atoms with Gasteiger partial charge in [-0.1, -0.05) is 0 Å². The summed E-state index contributed by atoms with van der Waals surface area (Å²) in [5.74, 6) is 3.33. The standard InChI is InChI=1S/C18H24N4O4S/c1-22(14-7-10-27(23,24)12-14)18-11-17(20-13-21-18)19-8-9-26-16-5-3-15(25-2)4-6-16/h3-6,11,13-14H,7-10,12H2,1-2H3,(H,19,20,21). The van der Waals surface area contributed by atoms with Crippen LogP contribution in [0.5, 0.6) is 11.5 Å². The molecular weight excluding hydrogens is 368 g/mol. The minimum absolute atomic E-state index is 0.0452. The van der Waals surface area contributed by atoms with Crippen molar-refractivity contribution in [3.8, 4) is 11.5 Å². The normalized spacial score (nSPS) is 18.1. The first kappa shape index (κ1) is 19.2. The van der Waals surface area contributed by atoms with Crippen molar-refractivity contribution in [2.75, 3.05) is 49.0 Å². The van der Waals surface area contributed by atoms with Crippen LogP contribution in [0.25, 0.3) is 0 Å². The van der Waals surface area contributed by atoms with Crippen LogP contribution in [0.15, 0.2) is 36.7 Å². The maximum absolute atomic E-state index is 11.7. The second kappa shape index (κ2) is 8.43. The van der Waals surface area contributed by atoms with Gasteiger partial charge in [-0.15, -0.1) is 0 Å². The third-order valence-corrected chi connectivity index (χ3v) is 6.26. The molecule has 2 heterocycles. The van der Waals surface area contributed by atoms with Gasteiger partial charge in [-0.2, -0.15) is 0 Å². The smallest absolute Gasteiger partial charge is 0.152 e. The summed E-state index contributed by atoms with van der Waals surface area (Å²) in [6, 6.07) is 9.17. The number of nitrogens with zero attached hydrogens (tertiary/aromatic N) is 3. The fraction of sp³-hybridized carbons (Fsp3) is 0.444. The number of hydrogen-bond donors (Lipinski definition) is 1. The van der Waals surface area contributed by atoms with E-state index in [4.69, 9.17) is 9.47 Å². The Morgan fingerprint density at radius 3 is 2.63 bits per heavy atom. The lowest BCUT2D eigenvalue weighted by Crippen LogP contribution is -2.33. The molecule has 0 saturated carbocycles. The number of ether oxygens (including phenoxy) is 2. The van der Waals surface area contributed by atoms with Crippen molar-refractivity contribution >= 4 is 21.5 Å². The lowest BCUT2D eigenvalue weighted by atomic mass is 10.2. The molecule has 0 amide bonds. The average molecular weight is 392 g/mol. The van der Waals surface area contributed by atoms with Gasteiger partial charge in [0, 0.05) is 19.2 Å². The minimum atomic E-state index is -2.93. The molecule has 1 fully saturated rings. The molecule has 1 aromatic heterocycles. The van der Waals surface area contributed by atoms with Crippen LogP contribution in [0.3, 0.4) is 0 Å². The van der Waals surface area contributed by atoms with E-state index in [1.807, 2.05) is 42.3 Å². The molecule has 2 aromatic rings. The van der Waals surface area contributed by atoms with Crippen molar-refractivity contribution in [2.45, 2.75) is 12.5 Å². The van der Waals surface area contributed by atoms with E-state index < -0.39 is 9.84 Å². The van der Waals surface area contributed by atoms with Gasteiger partial charge in [-0.25, -0.2) is 18.4 Å². The summed E-state index contributed by atoms with van der Waals surface area (Å²) in [6.45, 7) is 1.05. The van der Waals surface area contributed by atoms with Crippen molar-refractivity contribution in [3.05, 3.63) is 36.7 Å². The van der Waals surface area contributed by atoms with Crippen molar-refractivity contribution in [1.82, 2.24) is 9.97 Å². The highest BCUT2D eigenvalue weighted by molar-refractivity contribution is 7.91. The maximum atomic E-state index is 11.7. The Bertz CT molecular complexity index is 858. The molecule has 9 heteroatoms. The molecule has 27 heavy (non-hydrogen) atoms. The molecule has 0 radical (unpaired) electrons. The molecule has 0 aliphatic carbocycles. The van der Waals surface area contributed by atoms with Crippen LogP contribution < -0.4 is 19.7 Å². The van der Waals surface area contributed by atoms with E-state index in [1.54, 1.807) is 7.11 Å². The summed E-state index contributed by atoms with van der Waals surface area (Å²) >= 11 is 0. The number of sulfone groups is 1. The molecule has 3 rings (SSSR count). The fourth-order valence-electron chi connectivity index (χ4n) is 2.92. The van der Waals surface area contributed by atoms with Gasteiger partial charge in [0.05, 0.1) is 25.2 Å². The number of benzene rings is 1. The number of nitrogens with one attached hydrogen (secondary N) is 1. The van der Waals surface area contributed by atoms with Gasteiger partial charge in [0.1, 0.15) is 36.1 Å². The Kier molecular flexibility index (Phi) is 6.00. The van der Waals surface area contributed by atoms with E-state index in [0.717, 1.165) is 11.5 Å². The average Bonchev–Trinajstić information content (AvgIpc) is 3.05. The van der Waals surface area contributed by atoms with Gasteiger partial charge < -0.3 is 19.7 Å². The van der Waals surface area contributed by atoms with Crippen molar-refractivity contribution in [1.29, 1.82) is 0 Å². The SMILES string of the molecule is COc1ccc(OCCNc2cc(N(C)C3CCS(=O)(=O)C3)ncn2)cc1. The molecule has 0 bridgehead atoms.